The summed E-state index contributed by atoms with van der Waals surface area (Å²) in [7, 11) is 0. The van der Waals surface area contributed by atoms with Gasteiger partial charge in [0.25, 0.3) is 5.91 Å². The van der Waals surface area contributed by atoms with Gasteiger partial charge in [0.15, 0.2) is 0 Å². The molecule has 1 amide bonds. The summed E-state index contributed by atoms with van der Waals surface area (Å²) in [5.74, 6) is -0.0531. The Kier molecular flexibility index (Phi) is 4.52. The number of carbonyl (C=O) groups is 1. The van der Waals surface area contributed by atoms with Gasteiger partial charge in [-0.05, 0) is 55.2 Å². The number of nitrogens with one attached hydrogen (secondary N) is 2. The van der Waals surface area contributed by atoms with Gasteiger partial charge in [0, 0.05) is 17.9 Å². The molecule has 0 aliphatic rings. The van der Waals surface area contributed by atoms with Crippen molar-refractivity contribution < 1.29 is 4.79 Å². The molecule has 3 aromatic rings. The lowest BCUT2D eigenvalue weighted by Crippen LogP contribution is -2.22. The van der Waals surface area contributed by atoms with Crippen LogP contribution in [-0.2, 0) is 6.54 Å². The molecule has 3 nitrogen and oxygen atoms in total. The van der Waals surface area contributed by atoms with E-state index in [1.165, 1.54) is 11.1 Å². The minimum atomic E-state index is -0.0531. The highest BCUT2D eigenvalue weighted by Crippen LogP contribution is 2.24. The van der Waals surface area contributed by atoms with Gasteiger partial charge in [0.05, 0.1) is 5.56 Å². The van der Waals surface area contributed by atoms with E-state index in [1.54, 1.807) is 0 Å². The van der Waals surface area contributed by atoms with E-state index in [2.05, 4.69) is 42.3 Å². The summed E-state index contributed by atoms with van der Waals surface area (Å²) in [6, 6.07) is 18.2. The third-order valence-corrected chi connectivity index (χ3v) is 4.37. The van der Waals surface area contributed by atoms with Crippen LogP contribution in [0.4, 0.5) is 0 Å². The highest BCUT2D eigenvalue weighted by atomic mass is 16.1. The quantitative estimate of drug-likeness (QED) is 0.729. The molecule has 0 fully saturated rings. The van der Waals surface area contributed by atoms with Crippen LogP contribution >= 0.6 is 0 Å². The summed E-state index contributed by atoms with van der Waals surface area (Å²) in [5.41, 5.74) is 7.25. The number of aryl methyl sites for hydroxylation is 3. The van der Waals surface area contributed by atoms with E-state index in [-0.39, 0.29) is 5.91 Å². The molecule has 3 rings (SSSR count). The molecular formula is C21H22N2O. The second-order valence-electron chi connectivity index (χ2n) is 6.19. The Morgan fingerprint density at radius 3 is 2.42 bits per heavy atom. The van der Waals surface area contributed by atoms with Crippen molar-refractivity contribution in [3.05, 3.63) is 82.5 Å². The molecule has 1 aromatic heterocycles. The number of carbonyl (C=O) groups excluding carboxylic acids is 1. The van der Waals surface area contributed by atoms with Gasteiger partial charge in [-0.1, -0.05) is 42.5 Å². The third-order valence-electron chi connectivity index (χ3n) is 4.37. The molecule has 0 aliphatic carbocycles. The van der Waals surface area contributed by atoms with Gasteiger partial charge in [-0.3, -0.25) is 4.79 Å². The number of benzene rings is 2. The highest BCUT2D eigenvalue weighted by Gasteiger charge is 2.13. The maximum Gasteiger partial charge on any atom is 0.253 e. The largest absolute Gasteiger partial charge is 0.358 e. The van der Waals surface area contributed by atoms with Crippen molar-refractivity contribution in [1.82, 2.24) is 10.3 Å². The molecule has 0 saturated carbocycles. The zero-order valence-electron chi connectivity index (χ0n) is 14.3. The minimum absolute atomic E-state index is 0.0531. The Hall–Kier alpha value is -2.81. The molecule has 122 valence electrons. The van der Waals surface area contributed by atoms with Crippen molar-refractivity contribution in [3.63, 3.8) is 0 Å². The molecule has 24 heavy (non-hydrogen) atoms. The maximum atomic E-state index is 12.5. The first-order valence-corrected chi connectivity index (χ1v) is 8.14. The summed E-state index contributed by atoms with van der Waals surface area (Å²) in [4.78, 5) is 15.8. The van der Waals surface area contributed by atoms with Gasteiger partial charge >= 0.3 is 0 Å². The van der Waals surface area contributed by atoms with Crippen LogP contribution in [0, 0.1) is 20.8 Å². The molecule has 2 aromatic carbocycles. The SMILES string of the molecule is Cc1ccc(-c2cc(C(=O)NCc3ccccc3)c(C)[nH]2)cc1C. The predicted molar refractivity (Wildman–Crippen MR) is 98.1 cm³/mol. The van der Waals surface area contributed by atoms with E-state index in [4.69, 9.17) is 0 Å². The third kappa shape index (κ3) is 3.40. The zero-order valence-corrected chi connectivity index (χ0v) is 14.3. The lowest BCUT2D eigenvalue weighted by Gasteiger charge is -2.04. The van der Waals surface area contributed by atoms with Gasteiger partial charge < -0.3 is 10.3 Å². The number of rotatable bonds is 4. The molecule has 2 N–H and O–H groups in total. The second-order valence-corrected chi connectivity index (χ2v) is 6.19. The minimum Gasteiger partial charge on any atom is -0.358 e. The molecule has 0 unspecified atom stereocenters. The highest BCUT2D eigenvalue weighted by molar-refractivity contribution is 5.96. The summed E-state index contributed by atoms with van der Waals surface area (Å²) < 4.78 is 0. The van der Waals surface area contributed by atoms with Gasteiger partial charge in [0.1, 0.15) is 0 Å². The Morgan fingerprint density at radius 1 is 0.958 bits per heavy atom. The van der Waals surface area contributed by atoms with Crippen LogP contribution in [0.5, 0.6) is 0 Å². The first kappa shape index (κ1) is 16.1. The number of hydrogen-bond donors (Lipinski definition) is 2. The number of aromatic nitrogens is 1. The predicted octanol–water partition coefficient (Wildman–Crippen LogP) is 4.54. The fourth-order valence-corrected chi connectivity index (χ4v) is 2.73. The van der Waals surface area contributed by atoms with E-state index in [0.29, 0.717) is 12.1 Å². The summed E-state index contributed by atoms with van der Waals surface area (Å²) >= 11 is 0. The number of hydrogen-bond acceptors (Lipinski definition) is 1. The average Bonchev–Trinajstić information content (AvgIpc) is 2.98. The first-order chi connectivity index (χ1) is 11.5. The van der Waals surface area contributed by atoms with Crippen molar-refractivity contribution in [3.8, 4) is 11.3 Å². The summed E-state index contributed by atoms with van der Waals surface area (Å²) in [5, 5.41) is 2.98. The Morgan fingerprint density at radius 2 is 1.71 bits per heavy atom. The second kappa shape index (κ2) is 6.75. The van der Waals surface area contributed by atoms with Gasteiger partial charge in [0.2, 0.25) is 0 Å². The van der Waals surface area contributed by atoms with Crippen molar-refractivity contribution in [1.29, 1.82) is 0 Å². The van der Waals surface area contributed by atoms with Crippen molar-refractivity contribution in [2.45, 2.75) is 27.3 Å². The van der Waals surface area contributed by atoms with Crippen molar-refractivity contribution in [2.75, 3.05) is 0 Å². The molecule has 0 spiro atoms. The van der Waals surface area contributed by atoms with Crippen LogP contribution in [0.25, 0.3) is 11.3 Å². The lowest BCUT2D eigenvalue weighted by atomic mass is 10.0. The average molecular weight is 318 g/mol. The van der Waals surface area contributed by atoms with Crippen molar-refractivity contribution >= 4 is 5.91 Å². The van der Waals surface area contributed by atoms with Crippen LogP contribution < -0.4 is 5.32 Å². The standard InChI is InChI=1S/C21H22N2O/c1-14-9-10-18(11-15(14)2)20-12-19(16(3)23-20)21(24)22-13-17-7-5-4-6-8-17/h4-12,23H,13H2,1-3H3,(H,22,24). The van der Waals surface area contributed by atoms with Gasteiger partial charge in [-0.15, -0.1) is 0 Å². The monoisotopic (exact) mass is 318 g/mol. The number of amides is 1. The number of H-pyrrole nitrogens is 1. The normalized spacial score (nSPS) is 10.6. The fraction of sp³-hybridized carbons (Fsp3) is 0.190. The summed E-state index contributed by atoms with van der Waals surface area (Å²) in [6.45, 7) is 6.66. The molecule has 0 radical (unpaired) electrons. The van der Waals surface area contributed by atoms with Gasteiger partial charge in [-0.25, -0.2) is 0 Å². The fourth-order valence-electron chi connectivity index (χ4n) is 2.73. The van der Waals surface area contributed by atoms with Crippen LogP contribution in [0.1, 0.15) is 32.7 Å². The molecule has 0 bridgehead atoms. The summed E-state index contributed by atoms with van der Waals surface area (Å²) in [6.07, 6.45) is 0. The Bertz CT molecular complexity index is 863. The topological polar surface area (TPSA) is 44.9 Å². The molecule has 1 heterocycles. The van der Waals surface area contributed by atoms with E-state index < -0.39 is 0 Å². The Labute approximate surface area is 142 Å². The van der Waals surface area contributed by atoms with Crippen LogP contribution in [0.15, 0.2) is 54.6 Å². The molecule has 0 saturated heterocycles. The van der Waals surface area contributed by atoms with Crippen LogP contribution in [-0.4, -0.2) is 10.9 Å². The first-order valence-electron chi connectivity index (χ1n) is 8.14. The van der Waals surface area contributed by atoms with E-state index in [1.807, 2.05) is 43.3 Å². The smallest absolute Gasteiger partial charge is 0.253 e. The number of aromatic amines is 1. The van der Waals surface area contributed by atoms with E-state index in [0.717, 1.165) is 22.5 Å². The van der Waals surface area contributed by atoms with E-state index in [9.17, 15) is 4.79 Å². The van der Waals surface area contributed by atoms with Crippen molar-refractivity contribution in [2.24, 2.45) is 0 Å². The molecule has 0 atom stereocenters. The zero-order chi connectivity index (χ0) is 17.1. The van der Waals surface area contributed by atoms with Crippen LogP contribution in [0.2, 0.25) is 0 Å². The Balaban J connectivity index is 1.78. The van der Waals surface area contributed by atoms with Gasteiger partial charge in [-0.2, -0.15) is 0 Å². The molecule has 3 heteroatoms. The molecule has 0 aliphatic heterocycles. The van der Waals surface area contributed by atoms with E-state index >= 15 is 0 Å². The maximum absolute atomic E-state index is 12.5. The van der Waals surface area contributed by atoms with Crippen LogP contribution in [0.3, 0.4) is 0 Å². The lowest BCUT2D eigenvalue weighted by molar-refractivity contribution is 0.0950. The molecular weight excluding hydrogens is 296 g/mol.